The molecule has 0 unspecified atom stereocenters. The highest BCUT2D eigenvalue weighted by atomic mass is 16.5. The maximum absolute atomic E-state index is 11.7. The molecule has 7 nitrogen and oxygen atoms in total. The number of aromatic nitrogens is 2. The normalized spacial score (nSPS) is 10.9. The Bertz CT molecular complexity index is 476. The molecule has 1 heterocycles. The Balaban J connectivity index is 2.36. The maximum atomic E-state index is 11.7. The van der Waals surface area contributed by atoms with Crippen molar-refractivity contribution in [1.82, 2.24) is 15.3 Å². The number of hydrogen-bond acceptors (Lipinski definition) is 6. The number of ether oxygens (including phenoxy) is 1. The first-order valence-electron chi connectivity index (χ1n) is 6.79. The topological polar surface area (TPSA) is 84.4 Å². The van der Waals surface area contributed by atoms with Crippen LogP contribution in [0.5, 0.6) is 0 Å². The first-order chi connectivity index (χ1) is 9.84. The van der Waals surface area contributed by atoms with Gasteiger partial charge in [-0.1, -0.05) is 6.92 Å². The van der Waals surface area contributed by atoms with Gasteiger partial charge in [0.15, 0.2) is 6.61 Å². The van der Waals surface area contributed by atoms with E-state index in [-0.39, 0.29) is 24.6 Å². The molecular weight excluding hydrogens is 272 g/mol. The van der Waals surface area contributed by atoms with E-state index in [1.807, 2.05) is 20.8 Å². The summed E-state index contributed by atoms with van der Waals surface area (Å²) in [6, 6.07) is 1.69. The van der Waals surface area contributed by atoms with Gasteiger partial charge in [0, 0.05) is 25.0 Å². The fraction of sp³-hybridized carbons (Fsp3) is 0.571. The molecule has 7 heteroatoms. The van der Waals surface area contributed by atoms with E-state index in [2.05, 4.69) is 15.3 Å². The molecule has 0 spiro atoms. The Hall–Kier alpha value is -2.18. The molecule has 0 atom stereocenters. The van der Waals surface area contributed by atoms with Crippen molar-refractivity contribution in [3.63, 3.8) is 0 Å². The molecule has 1 N–H and O–H groups in total. The second-order valence-corrected chi connectivity index (χ2v) is 5.35. The van der Waals surface area contributed by atoms with Gasteiger partial charge in [0.2, 0.25) is 5.95 Å². The molecule has 1 amide bonds. The fourth-order valence-electron chi connectivity index (χ4n) is 1.45. The number of likely N-dealkylation sites (N-methyl/N-ethyl adjacent to an activating group) is 1. The standard InChI is InChI=1S/C14H22N4O3/c1-5-14(2,3)17-11(19)10-21-12(20)9-18(4)13-15-7-6-8-16-13/h6-8H,5,9-10H2,1-4H3,(H,17,19). The van der Waals surface area contributed by atoms with Gasteiger partial charge in [-0.3, -0.25) is 9.59 Å². The first kappa shape index (κ1) is 16.9. The number of anilines is 1. The predicted molar refractivity (Wildman–Crippen MR) is 78.8 cm³/mol. The third-order valence-corrected chi connectivity index (χ3v) is 2.99. The highest BCUT2D eigenvalue weighted by Gasteiger charge is 2.19. The molecule has 0 aromatic carbocycles. The molecule has 1 aromatic rings. The van der Waals surface area contributed by atoms with Crippen molar-refractivity contribution in [1.29, 1.82) is 0 Å². The quantitative estimate of drug-likeness (QED) is 0.747. The number of esters is 1. The zero-order chi connectivity index (χ0) is 15.9. The molecule has 1 aromatic heterocycles. The lowest BCUT2D eigenvalue weighted by Gasteiger charge is -2.24. The summed E-state index contributed by atoms with van der Waals surface area (Å²) >= 11 is 0. The lowest BCUT2D eigenvalue weighted by molar-refractivity contribution is -0.147. The molecule has 0 saturated heterocycles. The number of hydrogen-bond donors (Lipinski definition) is 1. The van der Waals surface area contributed by atoms with Gasteiger partial charge in [0.1, 0.15) is 6.54 Å². The predicted octanol–water partition coefficient (Wildman–Crippen LogP) is 0.761. The third kappa shape index (κ3) is 6.20. The van der Waals surface area contributed by atoms with Crippen molar-refractivity contribution < 1.29 is 14.3 Å². The van der Waals surface area contributed by atoms with Crippen molar-refractivity contribution >= 4 is 17.8 Å². The Kier molecular flexibility index (Phi) is 6.08. The van der Waals surface area contributed by atoms with Gasteiger partial charge in [-0.2, -0.15) is 0 Å². The van der Waals surface area contributed by atoms with Crippen molar-refractivity contribution in [2.24, 2.45) is 0 Å². The average molecular weight is 294 g/mol. The zero-order valence-electron chi connectivity index (χ0n) is 12.9. The van der Waals surface area contributed by atoms with Gasteiger partial charge in [-0.05, 0) is 26.3 Å². The summed E-state index contributed by atoms with van der Waals surface area (Å²) in [5.74, 6) is -0.394. The SMILES string of the molecule is CCC(C)(C)NC(=O)COC(=O)CN(C)c1ncccn1. The molecule has 21 heavy (non-hydrogen) atoms. The Morgan fingerprint density at radius 1 is 1.33 bits per heavy atom. The van der Waals surface area contributed by atoms with Crippen LogP contribution in [0.15, 0.2) is 18.5 Å². The van der Waals surface area contributed by atoms with E-state index >= 15 is 0 Å². The van der Waals surface area contributed by atoms with Crippen LogP contribution in [-0.4, -0.2) is 47.6 Å². The maximum Gasteiger partial charge on any atom is 0.326 e. The van der Waals surface area contributed by atoms with Gasteiger partial charge in [-0.15, -0.1) is 0 Å². The van der Waals surface area contributed by atoms with Crippen LogP contribution in [0.25, 0.3) is 0 Å². The Labute approximate surface area is 124 Å². The fourth-order valence-corrected chi connectivity index (χ4v) is 1.45. The number of rotatable bonds is 7. The monoisotopic (exact) mass is 294 g/mol. The van der Waals surface area contributed by atoms with Crippen LogP contribution in [0.3, 0.4) is 0 Å². The lowest BCUT2D eigenvalue weighted by Crippen LogP contribution is -2.45. The van der Waals surface area contributed by atoms with Gasteiger partial charge < -0.3 is 15.0 Å². The molecule has 0 saturated carbocycles. The minimum absolute atomic E-state index is 0.0194. The van der Waals surface area contributed by atoms with Crippen molar-refractivity contribution in [2.45, 2.75) is 32.7 Å². The van der Waals surface area contributed by atoms with Crippen LogP contribution in [0.1, 0.15) is 27.2 Å². The zero-order valence-corrected chi connectivity index (χ0v) is 12.9. The largest absolute Gasteiger partial charge is 0.454 e. The van der Waals surface area contributed by atoms with Crippen molar-refractivity contribution in [3.8, 4) is 0 Å². The summed E-state index contributed by atoms with van der Waals surface area (Å²) in [5, 5.41) is 2.79. The van der Waals surface area contributed by atoms with Crippen LogP contribution >= 0.6 is 0 Å². The number of nitrogens with zero attached hydrogens (tertiary/aromatic N) is 3. The number of carbonyl (C=O) groups excluding carboxylic acids is 2. The molecule has 0 aliphatic heterocycles. The minimum Gasteiger partial charge on any atom is -0.454 e. The highest BCUT2D eigenvalue weighted by Crippen LogP contribution is 2.06. The molecule has 0 radical (unpaired) electrons. The van der Waals surface area contributed by atoms with E-state index < -0.39 is 5.97 Å². The van der Waals surface area contributed by atoms with Crippen molar-refractivity contribution in [2.75, 3.05) is 25.1 Å². The Morgan fingerprint density at radius 3 is 2.52 bits per heavy atom. The van der Waals surface area contributed by atoms with E-state index in [1.54, 1.807) is 30.4 Å². The molecule has 0 fully saturated rings. The molecule has 0 aliphatic carbocycles. The second kappa shape index (κ2) is 7.56. The summed E-state index contributed by atoms with van der Waals surface area (Å²) in [4.78, 5) is 32.9. The second-order valence-electron chi connectivity index (χ2n) is 5.35. The van der Waals surface area contributed by atoms with Crippen molar-refractivity contribution in [3.05, 3.63) is 18.5 Å². The van der Waals surface area contributed by atoms with Gasteiger partial charge in [-0.25, -0.2) is 9.97 Å². The summed E-state index contributed by atoms with van der Waals surface area (Å²) < 4.78 is 4.94. The Morgan fingerprint density at radius 2 is 1.95 bits per heavy atom. The van der Waals surface area contributed by atoms with Crippen LogP contribution in [0.2, 0.25) is 0 Å². The number of carbonyl (C=O) groups is 2. The van der Waals surface area contributed by atoms with Crippen LogP contribution < -0.4 is 10.2 Å². The summed E-state index contributed by atoms with van der Waals surface area (Å²) in [6.07, 6.45) is 3.97. The lowest BCUT2D eigenvalue weighted by atomic mass is 10.0. The van der Waals surface area contributed by atoms with Gasteiger partial charge >= 0.3 is 5.97 Å². The first-order valence-corrected chi connectivity index (χ1v) is 6.79. The average Bonchev–Trinajstić information content (AvgIpc) is 2.45. The molecule has 116 valence electrons. The van der Waals surface area contributed by atoms with E-state index in [9.17, 15) is 9.59 Å². The third-order valence-electron chi connectivity index (χ3n) is 2.99. The highest BCUT2D eigenvalue weighted by molar-refractivity contribution is 5.82. The van der Waals surface area contributed by atoms with E-state index in [1.165, 1.54) is 0 Å². The molecule has 0 aliphatic rings. The molecule has 1 rings (SSSR count). The molecular formula is C14H22N4O3. The minimum atomic E-state index is -0.505. The van der Waals surface area contributed by atoms with E-state index in [0.29, 0.717) is 5.95 Å². The van der Waals surface area contributed by atoms with Gasteiger partial charge in [0.25, 0.3) is 5.91 Å². The van der Waals surface area contributed by atoms with Gasteiger partial charge in [0.05, 0.1) is 0 Å². The van der Waals surface area contributed by atoms with E-state index in [4.69, 9.17) is 4.74 Å². The number of amides is 1. The summed E-state index contributed by atoms with van der Waals surface area (Å²) in [6.45, 7) is 5.49. The smallest absolute Gasteiger partial charge is 0.326 e. The molecule has 0 bridgehead atoms. The summed E-state index contributed by atoms with van der Waals surface area (Å²) in [7, 11) is 1.68. The van der Waals surface area contributed by atoms with Crippen LogP contribution in [0.4, 0.5) is 5.95 Å². The van der Waals surface area contributed by atoms with Crippen LogP contribution in [-0.2, 0) is 14.3 Å². The number of nitrogens with one attached hydrogen (secondary N) is 1. The summed E-state index contributed by atoms with van der Waals surface area (Å²) in [5.41, 5.74) is -0.307. The van der Waals surface area contributed by atoms with E-state index in [0.717, 1.165) is 6.42 Å². The van der Waals surface area contributed by atoms with Crippen LogP contribution in [0, 0.1) is 0 Å².